The Kier molecular flexibility index (Phi) is 13.8. The van der Waals surface area contributed by atoms with E-state index in [-0.39, 0.29) is 52.3 Å². The van der Waals surface area contributed by atoms with Crippen LogP contribution in [0.25, 0.3) is 33.6 Å². The van der Waals surface area contributed by atoms with Crippen LogP contribution >= 0.6 is 58.0 Å². The number of halogens is 5. The van der Waals surface area contributed by atoms with Gasteiger partial charge in [0.05, 0.1) is 0 Å². The van der Waals surface area contributed by atoms with Crippen molar-refractivity contribution in [2.45, 2.75) is 0 Å². The summed E-state index contributed by atoms with van der Waals surface area (Å²) in [6.07, 6.45) is 0. The van der Waals surface area contributed by atoms with Gasteiger partial charge in [-0.2, -0.15) is 29.9 Å². The molecule has 0 aliphatic rings. The number of benzene rings is 4. The number of rotatable bonds is 3. The van der Waals surface area contributed by atoms with Crippen LogP contribution in [0, 0.1) is 0 Å². The van der Waals surface area contributed by atoms with E-state index >= 15 is 0 Å². The molecule has 0 fully saturated rings. The van der Waals surface area contributed by atoms with Gasteiger partial charge in [-0.25, -0.2) is 0 Å². The van der Waals surface area contributed by atoms with Gasteiger partial charge >= 0.3 is 23.1 Å². The van der Waals surface area contributed by atoms with Gasteiger partial charge in [0.1, 0.15) is 0 Å². The third-order valence-corrected chi connectivity index (χ3v) is 6.09. The Morgan fingerprint density at radius 1 is 0.333 bits per heavy atom. The maximum atomic E-state index is 5.81. The van der Waals surface area contributed by atoms with Gasteiger partial charge in [0.15, 0.2) is 5.82 Å². The second kappa shape index (κ2) is 17.3. The van der Waals surface area contributed by atoms with Crippen LogP contribution in [-0.2, 0) is 0 Å². The Hall–Kier alpha value is -2.88. The standard InChI is InChI=1S/C15H9Cl2N3.C12H10.C3Cl3N3.Mg.2H/c16-14-18-13(19-15(17)20-14)12-8-4-7-11(9-12)10-5-2-1-3-6-10;1-3-7-11(8-4-1)12-9-5-2-6-10-12;4-1-7-2(5)9-3(6)8-1;;;/h1-9H;1-10H;;;;/q;;;+2;2*-1. The van der Waals surface area contributed by atoms with Gasteiger partial charge in [0.25, 0.3) is 0 Å². The quantitative estimate of drug-likeness (QED) is 0.175. The number of nitrogens with zero attached hydrogens (tertiary/aromatic N) is 6. The third-order valence-electron chi connectivity index (χ3n) is 5.24. The SMILES string of the molecule is Clc1nc(Cl)nc(-c2cccc(-c3ccccc3)c2)n1.Clc1nc(Cl)nc(Cl)n1.[H-].[H-].[Mg+2].c1ccc(-c2ccccc2)cc1. The van der Waals surface area contributed by atoms with Crippen molar-refractivity contribution in [2.75, 3.05) is 0 Å². The normalized spacial score (nSPS) is 9.83. The van der Waals surface area contributed by atoms with E-state index in [1.807, 2.05) is 66.7 Å². The van der Waals surface area contributed by atoms with Gasteiger partial charge in [-0.3, -0.25) is 0 Å². The van der Waals surface area contributed by atoms with Gasteiger partial charge in [-0.1, -0.05) is 109 Å². The molecule has 0 spiro atoms. The van der Waals surface area contributed by atoms with Crippen LogP contribution in [0.3, 0.4) is 0 Å². The monoisotopic (exact) mass is 664 g/mol. The van der Waals surface area contributed by atoms with Crippen molar-refractivity contribution in [3.05, 3.63) is 142 Å². The van der Waals surface area contributed by atoms with Gasteiger partial charge in [0, 0.05) is 5.56 Å². The summed E-state index contributed by atoms with van der Waals surface area (Å²) in [5.41, 5.74) is 5.60. The molecule has 6 nitrogen and oxygen atoms in total. The van der Waals surface area contributed by atoms with Gasteiger partial charge < -0.3 is 2.85 Å². The molecule has 12 heteroatoms. The van der Waals surface area contributed by atoms with Crippen molar-refractivity contribution >= 4 is 81.1 Å². The molecule has 0 bridgehead atoms. The molecule has 6 rings (SSSR count). The van der Waals surface area contributed by atoms with E-state index < -0.39 is 0 Å². The first-order chi connectivity index (χ1) is 19.9. The van der Waals surface area contributed by atoms with E-state index in [0.717, 1.165) is 16.7 Å². The minimum Gasteiger partial charge on any atom is -1.00 e. The second-order valence-electron chi connectivity index (χ2n) is 8.02. The summed E-state index contributed by atoms with van der Waals surface area (Å²) in [4.78, 5) is 22.3. The fraction of sp³-hybridized carbons (Fsp3) is 0. The Morgan fingerprint density at radius 3 is 1.00 bits per heavy atom. The van der Waals surface area contributed by atoms with E-state index in [9.17, 15) is 0 Å². The van der Waals surface area contributed by atoms with E-state index in [1.165, 1.54) is 11.1 Å². The zero-order valence-electron chi connectivity index (χ0n) is 23.7. The van der Waals surface area contributed by atoms with Crippen molar-refractivity contribution in [3.63, 3.8) is 0 Å². The minimum absolute atomic E-state index is 0. The second-order valence-corrected chi connectivity index (χ2v) is 9.71. The molecule has 42 heavy (non-hydrogen) atoms. The molecule has 208 valence electrons. The first kappa shape index (κ1) is 33.6. The summed E-state index contributed by atoms with van der Waals surface area (Å²) in [5, 5.41) is 0.176. The Balaban J connectivity index is 0.000000348. The molecule has 0 amide bonds. The van der Waals surface area contributed by atoms with E-state index in [2.05, 4.69) is 78.4 Å². The number of hydrogen-bond donors (Lipinski definition) is 0. The molecular formula is C30H21Cl5MgN6. The van der Waals surface area contributed by atoms with Gasteiger partial charge in [-0.15, -0.1) is 0 Å². The first-order valence-electron chi connectivity index (χ1n) is 11.9. The first-order valence-corrected chi connectivity index (χ1v) is 13.8. The number of hydrogen-bond acceptors (Lipinski definition) is 6. The van der Waals surface area contributed by atoms with Crippen LogP contribution in [-0.4, -0.2) is 53.0 Å². The molecule has 0 saturated heterocycles. The smallest absolute Gasteiger partial charge is 1.00 e. The Bertz CT molecular complexity index is 1600. The van der Waals surface area contributed by atoms with Crippen LogP contribution < -0.4 is 0 Å². The van der Waals surface area contributed by atoms with E-state index in [1.54, 1.807) is 0 Å². The van der Waals surface area contributed by atoms with Crippen molar-refractivity contribution in [2.24, 2.45) is 0 Å². The molecule has 0 aliphatic carbocycles. The van der Waals surface area contributed by atoms with Gasteiger partial charge in [-0.05, 0) is 86.3 Å². The van der Waals surface area contributed by atoms with Crippen molar-refractivity contribution in [1.29, 1.82) is 0 Å². The van der Waals surface area contributed by atoms with Crippen LogP contribution in [0.4, 0.5) is 0 Å². The molecular weight excluding hydrogens is 646 g/mol. The predicted molar refractivity (Wildman–Crippen MR) is 175 cm³/mol. The average Bonchev–Trinajstić information content (AvgIpc) is 2.98. The molecule has 0 radical (unpaired) electrons. The summed E-state index contributed by atoms with van der Waals surface area (Å²) >= 11 is 27.6. The molecule has 2 aromatic heterocycles. The summed E-state index contributed by atoms with van der Waals surface area (Å²) in [6.45, 7) is 0. The van der Waals surface area contributed by atoms with Crippen LogP contribution in [0.1, 0.15) is 2.85 Å². The molecule has 0 aliphatic heterocycles. The zero-order chi connectivity index (χ0) is 29.0. The van der Waals surface area contributed by atoms with E-state index in [0.29, 0.717) is 5.82 Å². The molecule has 2 heterocycles. The fourth-order valence-corrected chi connectivity index (χ4v) is 4.46. The van der Waals surface area contributed by atoms with Crippen molar-refractivity contribution in [1.82, 2.24) is 29.9 Å². The Labute approximate surface area is 287 Å². The topological polar surface area (TPSA) is 77.3 Å². The molecule has 0 N–H and O–H groups in total. The number of aromatic nitrogens is 6. The van der Waals surface area contributed by atoms with Crippen molar-refractivity contribution < 1.29 is 2.85 Å². The minimum atomic E-state index is 0. The van der Waals surface area contributed by atoms with Crippen LogP contribution in [0.15, 0.2) is 115 Å². The van der Waals surface area contributed by atoms with Crippen LogP contribution in [0.2, 0.25) is 26.4 Å². The van der Waals surface area contributed by atoms with E-state index in [4.69, 9.17) is 58.0 Å². The van der Waals surface area contributed by atoms with Crippen LogP contribution in [0.5, 0.6) is 0 Å². The summed E-state index contributed by atoms with van der Waals surface area (Å²) in [6, 6.07) is 38.7. The fourth-order valence-electron chi connectivity index (χ4n) is 3.49. The van der Waals surface area contributed by atoms with Gasteiger partial charge in [0.2, 0.25) is 26.4 Å². The molecule has 0 atom stereocenters. The molecule has 6 aromatic rings. The molecule has 0 unspecified atom stereocenters. The maximum absolute atomic E-state index is 5.81. The third kappa shape index (κ3) is 10.7. The molecule has 0 saturated carbocycles. The van der Waals surface area contributed by atoms with Crippen molar-refractivity contribution in [3.8, 4) is 33.6 Å². The molecule has 4 aromatic carbocycles. The average molecular weight is 667 g/mol. The largest absolute Gasteiger partial charge is 2.00 e. The summed E-state index contributed by atoms with van der Waals surface area (Å²) < 4.78 is 0. The summed E-state index contributed by atoms with van der Waals surface area (Å²) in [5.74, 6) is 0.466. The maximum Gasteiger partial charge on any atom is 2.00 e. The summed E-state index contributed by atoms with van der Waals surface area (Å²) in [7, 11) is 0. The predicted octanol–water partition coefficient (Wildman–Crippen LogP) is 9.54. The Morgan fingerprint density at radius 2 is 0.619 bits per heavy atom. The zero-order valence-corrected chi connectivity index (χ0v) is 26.9.